The third-order valence-electron chi connectivity index (χ3n) is 3.14. The zero-order valence-electron chi connectivity index (χ0n) is 10.7. The summed E-state index contributed by atoms with van der Waals surface area (Å²) in [6.07, 6.45) is 0. The predicted octanol–water partition coefficient (Wildman–Crippen LogP) is 1.20. The number of halogens is 2. The number of amides is 2. The lowest BCUT2D eigenvalue weighted by Crippen LogP contribution is -2.63. The van der Waals surface area contributed by atoms with Gasteiger partial charge in [-0.3, -0.25) is 19.8 Å². The first kappa shape index (κ1) is 13.6. The molecule has 19 heavy (non-hydrogen) atoms. The van der Waals surface area contributed by atoms with Crippen LogP contribution in [0.25, 0.3) is 0 Å². The number of piperazine rings is 1. The first-order valence-electron chi connectivity index (χ1n) is 5.85. The summed E-state index contributed by atoms with van der Waals surface area (Å²) in [7, 11) is 0. The van der Waals surface area contributed by atoms with Crippen LogP contribution in [0.2, 0.25) is 0 Å². The summed E-state index contributed by atoms with van der Waals surface area (Å²) in [4.78, 5) is 24.7. The Bertz CT molecular complexity index is 523. The topological polar surface area (TPSA) is 49.4 Å². The summed E-state index contributed by atoms with van der Waals surface area (Å²) in [6, 6.07) is 3.43. The van der Waals surface area contributed by atoms with Gasteiger partial charge in [-0.25, -0.2) is 8.78 Å². The largest absolute Gasteiger partial charge is 0.295 e. The van der Waals surface area contributed by atoms with Crippen molar-refractivity contribution in [3.8, 4) is 0 Å². The Morgan fingerprint density at radius 1 is 1.26 bits per heavy atom. The average Bonchev–Trinajstić information content (AvgIpc) is 2.34. The molecule has 0 aromatic heterocycles. The molecule has 0 bridgehead atoms. The van der Waals surface area contributed by atoms with E-state index in [1.165, 1.54) is 6.07 Å². The van der Waals surface area contributed by atoms with Crippen molar-refractivity contribution in [3.05, 3.63) is 35.4 Å². The molecule has 1 saturated heterocycles. The summed E-state index contributed by atoms with van der Waals surface area (Å²) < 4.78 is 27.1. The van der Waals surface area contributed by atoms with E-state index in [0.29, 0.717) is 0 Å². The van der Waals surface area contributed by atoms with Crippen molar-refractivity contribution in [1.82, 2.24) is 10.2 Å². The van der Waals surface area contributed by atoms with Crippen LogP contribution < -0.4 is 5.32 Å². The first-order valence-corrected chi connectivity index (χ1v) is 5.85. The van der Waals surface area contributed by atoms with Gasteiger partial charge in [-0.1, -0.05) is 6.07 Å². The molecule has 102 valence electrons. The first-order chi connectivity index (χ1) is 8.83. The van der Waals surface area contributed by atoms with Crippen molar-refractivity contribution in [2.75, 3.05) is 6.54 Å². The van der Waals surface area contributed by atoms with Gasteiger partial charge in [0, 0.05) is 5.56 Å². The Balaban J connectivity index is 2.31. The third kappa shape index (κ3) is 2.49. The van der Waals surface area contributed by atoms with E-state index < -0.39 is 29.0 Å². The number of nitrogens with one attached hydrogen (secondary N) is 1. The molecule has 0 saturated carbocycles. The van der Waals surface area contributed by atoms with Gasteiger partial charge in [0.25, 0.3) is 0 Å². The van der Waals surface area contributed by atoms with Gasteiger partial charge in [0.15, 0.2) is 0 Å². The zero-order valence-corrected chi connectivity index (χ0v) is 10.7. The maximum absolute atomic E-state index is 13.5. The molecular weight excluding hydrogens is 254 g/mol. The van der Waals surface area contributed by atoms with Crippen LogP contribution >= 0.6 is 0 Å². The second kappa shape index (κ2) is 4.70. The normalized spacial score (nSPS) is 18.8. The second-order valence-corrected chi connectivity index (χ2v) is 4.96. The smallest absolute Gasteiger partial charge is 0.249 e. The molecule has 6 heteroatoms. The summed E-state index contributed by atoms with van der Waals surface area (Å²) in [6.45, 7) is 2.81. The molecule has 0 radical (unpaired) electrons. The maximum atomic E-state index is 13.5. The van der Waals surface area contributed by atoms with Crippen molar-refractivity contribution in [3.63, 3.8) is 0 Å². The fourth-order valence-electron chi connectivity index (χ4n) is 1.92. The van der Waals surface area contributed by atoms with E-state index in [9.17, 15) is 18.4 Å². The van der Waals surface area contributed by atoms with Gasteiger partial charge in [-0.15, -0.1) is 0 Å². The second-order valence-electron chi connectivity index (χ2n) is 4.96. The number of carbonyl (C=O) groups is 2. The van der Waals surface area contributed by atoms with E-state index in [2.05, 4.69) is 5.32 Å². The zero-order chi connectivity index (χ0) is 14.2. The van der Waals surface area contributed by atoms with Crippen LogP contribution in [0.1, 0.15) is 19.4 Å². The van der Waals surface area contributed by atoms with Gasteiger partial charge >= 0.3 is 0 Å². The standard InChI is InChI=1S/C13H14F2N2O2/c1-13(2)12(19)17(11(18)6-16-13)7-8-9(14)4-3-5-10(8)15/h3-5,16H,6-7H2,1-2H3. The van der Waals surface area contributed by atoms with E-state index >= 15 is 0 Å². The molecule has 2 amide bonds. The minimum atomic E-state index is -0.921. The van der Waals surface area contributed by atoms with Gasteiger partial charge < -0.3 is 0 Å². The molecule has 0 atom stereocenters. The fourth-order valence-corrected chi connectivity index (χ4v) is 1.92. The fraction of sp³-hybridized carbons (Fsp3) is 0.385. The van der Waals surface area contributed by atoms with E-state index in [4.69, 9.17) is 0 Å². The number of imide groups is 1. The summed E-state index contributed by atoms with van der Waals surface area (Å²) >= 11 is 0. The molecule has 1 fully saturated rings. The van der Waals surface area contributed by atoms with E-state index in [0.717, 1.165) is 17.0 Å². The maximum Gasteiger partial charge on any atom is 0.249 e. The lowest BCUT2D eigenvalue weighted by molar-refractivity contribution is -0.153. The average molecular weight is 268 g/mol. The van der Waals surface area contributed by atoms with Gasteiger partial charge in [0.05, 0.1) is 18.6 Å². The number of benzene rings is 1. The van der Waals surface area contributed by atoms with E-state index in [1.807, 2.05) is 0 Å². The molecule has 1 aliphatic heterocycles. The van der Waals surface area contributed by atoms with Crippen molar-refractivity contribution < 1.29 is 18.4 Å². The Kier molecular flexibility index (Phi) is 3.36. The Morgan fingerprint density at radius 3 is 2.42 bits per heavy atom. The molecule has 2 rings (SSSR count). The van der Waals surface area contributed by atoms with Crippen molar-refractivity contribution in [2.45, 2.75) is 25.9 Å². The van der Waals surface area contributed by atoms with Crippen LogP contribution in [0.4, 0.5) is 8.78 Å². The van der Waals surface area contributed by atoms with E-state index in [-0.39, 0.29) is 18.7 Å². The predicted molar refractivity (Wildman–Crippen MR) is 64.0 cm³/mol. The van der Waals surface area contributed by atoms with Gasteiger partial charge in [-0.2, -0.15) is 0 Å². The number of hydrogen-bond acceptors (Lipinski definition) is 3. The van der Waals surface area contributed by atoms with Crippen LogP contribution in [0.15, 0.2) is 18.2 Å². The van der Waals surface area contributed by atoms with E-state index in [1.54, 1.807) is 13.8 Å². The molecule has 1 heterocycles. The number of nitrogens with zero attached hydrogens (tertiary/aromatic N) is 1. The van der Waals surface area contributed by atoms with Gasteiger partial charge in [0.1, 0.15) is 11.6 Å². The number of hydrogen-bond donors (Lipinski definition) is 1. The summed E-state index contributed by atoms with van der Waals surface area (Å²) in [5.41, 5.74) is -1.20. The SMILES string of the molecule is CC1(C)NCC(=O)N(Cc2c(F)cccc2F)C1=O. The monoisotopic (exact) mass is 268 g/mol. The Morgan fingerprint density at radius 2 is 1.84 bits per heavy atom. The molecular formula is C13H14F2N2O2. The highest BCUT2D eigenvalue weighted by molar-refractivity contribution is 6.02. The van der Waals surface area contributed by atoms with Crippen molar-refractivity contribution >= 4 is 11.8 Å². The lowest BCUT2D eigenvalue weighted by Gasteiger charge is -2.36. The van der Waals surface area contributed by atoms with Crippen LogP contribution in [-0.2, 0) is 16.1 Å². The molecule has 0 spiro atoms. The molecule has 0 unspecified atom stereocenters. The van der Waals surface area contributed by atoms with Gasteiger partial charge in [-0.05, 0) is 26.0 Å². The molecule has 0 aliphatic carbocycles. The Labute approximate surface area is 109 Å². The number of rotatable bonds is 2. The molecule has 1 N–H and O–H groups in total. The molecule has 4 nitrogen and oxygen atoms in total. The highest BCUT2D eigenvalue weighted by atomic mass is 19.1. The minimum Gasteiger partial charge on any atom is -0.295 e. The highest BCUT2D eigenvalue weighted by Crippen LogP contribution is 2.19. The number of carbonyl (C=O) groups excluding carboxylic acids is 2. The molecule has 1 aliphatic rings. The lowest BCUT2D eigenvalue weighted by atomic mass is 10.00. The van der Waals surface area contributed by atoms with Gasteiger partial charge in [0.2, 0.25) is 11.8 Å². The van der Waals surface area contributed by atoms with Crippen LogP contribution in [-0.4, -0.2) is 28.8 Å². The molecule has 1 aromatic carbocycles. The Hall–Kier alpha value is -1.82. The minimum absolute atomic E-state index is 0.0329. The van der Waals surface area contributed by atoms with Crippen molar-refractivity contribution in [2.24, 2.45) is 0 Å². The quantitative estimate of drug-likeness (QED) is 0.820. The highest BCUT2D eigenvalue weighted by Gasteiger charge is 2.40. The van der Waals surface area contributed by atoms with Crippen LogP contribution in [0.3, 0.4) is 0 Å². The summed E-state index contributed by atoms with van der Waals surface area (Å²) in [5, 5.41) is 2.77. The third-order valence-corrected chi connectivity index (χ3v) is 3.14. The van der Waals surface area contributed by atoms with Crippen LogP contribution in [0.5, 0.6) is 0 Å². The van der Waals surface area contributed by atoms with Crippen LogP contribution in [0, 0.1) is 11.6 Å². The van der Waals surface area contributed by atoms with Crippen molar-refractivity contribution in [1.29, 1.82) is 0 Å². The summed E-state index contributed by atoms with van der Waals surface area (Å²) in [5.74, 6) is -2.52. The molecule has 1 aromatic rings.